The van der Waals surface area contributed by atoms with Crippen molar-refractivity contribution in [3.63, 3.8) is 0 Å². The minimum Gasteiger partial charge on any atom is -0.491 e. The van der Waals surface area contributed by atoms with E-state index in [4.69, 9.17) is 4.74 Å². The van der Waals surface area contributed by atoms with Crippen molar-refractivity contribution in [2.45, 2.75) is 70.6 Å². The molecular weight excluding hydrogens is 376 g/mol. The van der Waals surface area contributed by atoms with Gasteiger partial charge >= 0.3 is 6.03 Å². The summed E-state index contributed by atoms with van der Waals surface area (Å²) < 4.78 is 5.62. The predicted octanol–water partition coefficient (Wildman–Crippen LogP) is 3.48. The highest BCUT2D eigenvalue weighted by Crippen LogP contribution is 2.19. The fraction of sp³-hybridized carbons (Fsp3) is 0.650. The van der Waals surface area contributed by atoms with E-state index in [1.54, 1.807) is 24.3 Å². The molecule has 1 aliphatic carbocycles. The van der Waals surface area contributed by atoms with Crippen molar-refractivity contribution in [1.29, 1.82) is 0 Å². The third-order valence-corrected chi connectivity index (χ3v) is 4.58. The Labute approximate surface area is 171 Å². The van der Waals surface area contributed by atoms with E-state index in [1.807, 2.05) is 20.8 Å². The maximum Gasteiger partial charge on any atom is 0.319 e. The van der Waals surface area contributed by atoms with Crippen molar-refractivity contribution in [2.24, 2.45) is 0 Å². The van der Waals surface area contributed by atoms with Crippen LogP contribution in [0.15, 0.2) is 24.3 Å². The number of carbonyl (C=O) groups is 1. The Balaban J connectivity index is 1.80. The largest absolute Gasteiger partial charge is 0.491 e. The lowest BCUT2D eigenvalue weighted by molar-refractivity contribution is -0.768. The summed E-state index contributed by atoms with van der Waals surface area (Å²) in [5, 5.41) is 18.9. The van der Waals surface area contributed by atoms with Crippen LogP contribution < -0.4 is 20.7 Å². The molecule has 1 fully saturated rings. The van der Waals surface area contributed by atoms with Gasteiger partial charge in [0.15, 0.2) is 6.10 Å². The molecule has 0 bridgehead atoms. The molecule has 3 N–H and O–H groups in total. The Bertz CT molecular complexity index is 654. The van der Waals surface area contributed by atoms with E-state index in [0.717, 1.165) is 25.7 Å². The van der Waals surface area contributed by atoms with Crippen LogP contribution >= 0.6 is 0 Å². The molecule has 2 amide bonds. The first-order valence-corrected chi connectivity index (χ1v) is 10.1. The number of amides is 2. The SMILES string of the molecule is CC(C)(C)NCC(COc1ccc(NC(=O)NC2CCCCC2)cc1)O[N+](=O)[O-]. The molecule has 1 saturated carbocycles. The zero-order chi connectivity index (χ0) is 21.3. The molecule has 0 radical (unpaired) electrons. The molecule has 0 aliphatic heterocycles. The summed E-state index contributed by atoms with van der Waals surface area (Å²) in [6, 6.07) is 6.90. The zero-order valence-electron chi connectivity index (χ0n) is 17.4. The van der Waals surface area contributed by atoms with Crippen molar-refractivity contribution in [1.82, 2.24) is 10.6 Å². The van der Waals surface area contributed by atoms with Crippen LogP contribution in [0, 0.1) is 10.1 Å². The minimum atomic E-state index is -0.809. The molecule has 1 aromatic carbocycles. The molecular formula is C20H32N4O5. The number of ether oxygens (including phenoxy) is 1. The van der Waals surface area contributed by atoms with Crippen LogP contribution in [0.3, 0.4) is 0 Å². The predicted molar refractivity (Wildman–Crippen MR) is 111 cm³/mol. The lowest BCUT2D eigenvalue weighted by Crippen LogP contribution is -2.44. The summed E-state index contributed by atoms with van der Waals surface area (Å²) in [6.07, 6.45) is 4.87. The van der Waals surface area contributed by atoms with Gasteiger partial charge in [-0.3, -0.25) is 0 Å². The van der Waals surface area contributed by atoms with E-state index in [9.17, 15) is 14.9 Å². The van der Waals surface area contributed by atoms with Gasteiger partial charge in [-0.25, -0.2) is 4.79 Å². The number of hydrogen-bond donors (Lipinski definition) is 3. The number of nitrogens with zero attached hydrogens (tertiary/aromatic N) is 1. The lowest BCUT2D eigenvalue weighted by atomic mass is 9.96. The number of hydrogen-bond acceptors (Lipinski definition) is 6. The molecule has 1 atom stereocenters. The Morgan fingerprint density at radius 1 is 1.21 bits per heavy atom. The van der Waals surface area contributed by atoms with Gasteiger partial charge in [-0.1, -0.05) is 19.3 Å². The van der Waals surface area contributed by atoms with Crippen LogP contribution in [0.1, 0.15) is 52.9 Å². The van der Waals surface area contributed by atoms with Crippen LogP contribution in [-0.2, 0) is 4.84 Å². The molecule has 1 unspecified atom stereocenters. The summed E-state index contributed by atoms with van der Waals surface area (Å²) in [5.41, 5.74) is 0.460. The second-order valence-corrected chi connectivity index (χ2v) is 8.35. The average Bonchev–Trinajstić information content (AvgIpc) is 2.65. The van der Waals surface area contributed by atoms with Gasteiger partial charge in [0.05, 0.1) is 0 Å². The van der Waals surface area contributed by atoms with Crippen molar-refractivity contribution in [2.75, 3.05) is 18.5 Å². The topological polar surface area (TPSA) is 115 Å². The molecule has 0 aromatic heterocycles. The first kappa shape index (κ1) is 22.7. The highest BCUT2D eigenvalue weighted by atomic mass is 17.0. The molecule has 162 valence electrons. The summed E-state index contributed by atoms with van der Waals surface area (Å²) >= 11 is 0. The molecule has 9 nitrogen and oxygen atoms in total. The van der Waals surface area contributed by atoms with E-state index in [2.05, 4.69) is 20.8 Å². The van der Waals surface area contributed by atoms with E-state index >= 15 is 0 Å². The van der Waals surface area contributed by atoms with Crippen molar-refractivity contribution in [3.8, 4) is 5.75 Å². The lowest BCUT2D eigenvalue weighted by Gasteiger charge is -2.24. The third-order valence-electron chi connectivity index (χ3n) is 4.58. The third kappa shape index (κ3) is 9.47. The van der Waals surface area contributed by atoms with Crippen LogP contribution in [-0.4, -0.2) is 42.0 Å². The normalized spacial score (nSPS) is 16.0. The first-order valence-electron chi connectivity index (χ1n) is 10.1. The number of nitrogens with one attached hydrogen (secondary N) is 3. The molecule has 1 aliphatic rings. The maximum atomic E-state index is 12.1. The van der Waals surface area contributed by atoms with E-state index in [-0.39, 0.29) is 30.8 Å². The number of rotatable bonds is 9. The molecule has 0 spiro atoms. The van der Waals surface area contributed by atoms with Gasteiger partial charge in [-0.15, -0.1) is 10.1 Å². The molecule has 0 heterocycles. The number of anilines is 1. The number of carbonyl (C=O) groups excluding carboxylic acids is 1. The van der Waals surface area contributed by atoms with Crippen molar-refractivity contribution in [3.05, 3.63) is 34.4 Å². The van der Waals surface area contributed by atoms with Gasteiger partial charge in [0.1, 0.15) is 12.4 Å². The van der Waals surface area contributed by atoms with Crippen LogP contribution in [0.4, 0.5) is 10.5 Å². The standard InChI is InChI=1S/C20H32N4O5/c1-20(2,3)21-13-18(29-24(26)27)14-28-17-11-9-16(10-12-17)23-19(25)22-15-7-5-4-6-8-15/h9-12,15,18,21H,4-8,13-14H2,1-3H3,(H2,22,23,25). The first-order chi connectivity index (χ1) is 13.7. The van der Waals surface area contributed by atoms with Gasteiger partial charge in [-0.2, -0.15) is 0 Å². The highest BCUT2D eigenvalue weighted by Gasteiger charge is 2.19. The molecule has 1 aromatic rings. The molecule has 9 heteroatoms. The number of urea groups is 1. The molecule has 2 rings (SSSR count). The van der Waals surface area contributed by atoms with E-state index in [1.165, 1.54) is 6.42 Å². The van der Waals surface area contributed by atoms with Crippen molar-refractivity contribution < 1.29 is 19.5 Å². The van der Waals surface area contributed by atoms with Gasteiger partial charge in [0.25, 0.3) is 5.09 Å². The Kier molecular flexibility index (Phi) is 8.50. The summed E-state index contributed by atoms with van der Waals surface area (Å²) in [5.74, 6) is 0.538. The van der Waals surface area contributed by atoms with Crippen LogP contribution in [0.2, 0.25) is 0 Å². The second-order valence-electron chi connectivity index (χ2n) is 8.35. The smallest absolute Gasteiger partial charge is 0.319 e. The average molecular weight is 408 g/mol. The molecule has 29 heavy (non-hydrogen) atoms. The Morgan fingerprint density at radius 3 is 2.45 bits per heavy atom. The summed E-state index contributed by atoms with van der Waals surface area (Å²) in [6.45, 7) is 6.21. The van der Waals surface area contributed by atoms with Crippen LogP contribution in [0.5, 0.6) is 5.75 Å². The van der Waals surface area contributed by atoms with Gasteiger partial charge in [-0.05, 0) is 57.9 Å². The summed E-state index contributed by atoms with van der Waals surface area (Å²) in [7, 11) is 0. The second kappa shape index (κ2) is 10.8. The van der Waals surface area contributed by atoms with Gasteiger partial charge in [0, 0.05) is 23.8 Å². The van der Waals surface area contributed by atoms with Gasteiger partial charge < -0.3 is 25.5 Å². The minimum absolute atomic E-state index is 0.0268. The van der Waals surface area contributed by atoms with Crippen LogP contribution in [0.25, 0.3) is 0 Å². The van der Waals surface area contributed by atoms with E-state index < -0.39 is 11.2 Å². The van der Waals surface area contributed by atoms with E-state index in [0.29, 0.717) is 11.4 Å². The Morgan fingerprint density at radius 2 is 1.86 bits per heavy atom. The molecule has 0 saturated heterocycles. The zero-order valence-corrected chi connectivity index (χ0v) is 17.4. The highest BCUT2D eigenvalue weighted by molar-refractivity contribution is 5.89. The van der Waals surface area contributed by atoms with Gasteiger partial charge in [0.2, 0.25) is 0 Å². The van der Waals surface area contributed by atoms with Crippen molar-refractivity contribution >= 4 is 11.7 Å². The maximum absolute atomic E-state index is 12.1. The fourth-order valence-corrected chi connectivity index (χ4v) is 3.09. The summed E-state index contributed by atoms with van der Waals surface area (Å²) in [4.78, 5) is 27.5. The Hall–Kier alpha value is -2.55. The monoisotopic (exact) mass is 408 g/mol. The number of benzene rings is 1. The quantitative estimate of drug-likeness (QED) is 0.426. The fourth-order valence-electron chi connectivity index (χ4n) is 3.09.